The molecule has 0 bridgehead atoms. The molecule has 0 unspecified atom stereocenters. The lowest BCUT2D eigenvalue weighted by atomic mass is 9.99. The number of aryl methyl sites for hydroxylation is 2. The maximum atomic E-state index is 13.0. The Balaban J connectivity index is 1.23. The predicted molar refractivity (Wildman–Crippen MR) is 128 cm³/mol. The first-order chi connectivity index (χ1) is 16.2. The zero-order valence-corrected chi connectivity index (χ0v) is 19.4. The fraction of sp³-hybridized carbons (Fsp3) is 0.407. The molecule has 0 aliphatic carbocycles. The standard InChI is InChI=1S/C27H32N4O2/c1-2-26-28-11-14-30(26)13-10-27(32)31-15-16-33-25-8-7-21(17-24(25)20-31)18-29-12-9-22-5-3-4-6-23(22)19-29/h3-8,11,14,17H,2,9-10,12-13,15-16,18-20H2,1H3. The van der Waals surface area contributed by atoms with Gasteiger partial charge in [0.1, 0.15) is 18.2 Å². The first kappa shape index (κ1) is 21.7. The summed E-state index contributed by atoms with van der Waals surface area (Å²) in [5.41, 5.74) is 5.28. The third kappa shape index (κ3) is 4.96. The Hall–Kier alpha value is -3.12. The lowest BCUT2D eigenvalue weighted by Gasteiger charge is -2.29. The van der Waals surface area contributed by atoms with Gasteiger partial charge in [-0.05, 0) is 35.2 Å². The average Bonchev–Trinajstić information content (AvgIpc) is 3.20. The van der Waals surface area contributed by atoms with Crippen molar-refractivity contribution in [2.45, 2.75) is 52.4 Å². The van der Waals surface area contributed by atoms with Gasteiger partial charge in [-0.1, -0.05) is 37.3 Å². The van der Waals surface area contributed by atoms with E-state index in [0.29, 0.717) is 32.7 Å². The first-order valence-corrected chi connectivity index (χ1v) is 12.0. The number of hydrogen-bond acceptors (Lipinski definition) is 4. The monoisotopic (exact) mass is 444 g/mol. The number of amides is 1. The molecule has 5 rings (SSSR count). The van der Waals surface area contributed by atoms with E-state index in [1.165, 1.54) is 16.7 Å². The van der Waals surface area contributed by atoms with Crippen LogP contribution in [0.15, 0.2) is 54.9 Å². The highest BCUT2D eigenvalue weighted by Gasteiger charge is 2.21. The third-order valence-corrected chi connectivity index (χ3v) is 6.76. The van der Waals surface area contributed by atoms with Gasteiger partial charge in [0.25, 0.3) is 0 Å². The Labute approximate surface area is 195 Å². The van der Waals surface area contributed by atoms with Gasteiger partial charge in [0, 0.05) is 63.5 Å². The van der Waals surface area contributed by atoms with Gasteiger partial charge in [0.05, 0.1) is 6.54 Å². The Morgan fingerprint density at radius 1 is 1.06 bits per heavy atom. The van der Waals surface area contributed by atoms with Gasteiger partial charge in [-0.25, -0.2) is 4.98 Å². The predicted octanol–water partition coefficient (Wildman–Crippen LogP) is 3.82. The van der Waals surface area contributed by atoms with Crippen molar-refractivity contribution >= 4 is 5.91 Å². The first-order valence-electron chi connectivity index (χ1n) is 12.0. The lowest BCUT2D eigenvalue weighted by Crippen LogP contribution is -2.33. The lowest BCUT2D eigenvalue weighted by molar-refractivity contribution is -0.132. The number of carbonyl (C=O) groups excluding carboxylic acids is 1. The van der Waals surface area contributed by atoms with Crippen molar-refractivity contribution in [2.75, 3.05) is 19.7 Å². The number of benzene rings is 2. The number of rotatable bonds is 6. The van der Waals surface area contributed by atoms with E-state index in [4.69, 9.17) is 4.74 Å². The van der Waals surface area contributed by atoms with Crippen LogP contribution >= 0.6 is 0 Å². The van der Waals surface area contributed by atoms with Crippen LogP contribution in [0.2, 0.25) is 0 Å². The minimum atomic E-state index is 0.167. The molecule has 33 heavy (non-hydrogen) atoms. The molecule has 0 saturated carbocycles. The SMILES string of the molecule is CCc1nccn1CCC(=O)N1CCOc2ccc(CN3CCc4ccccc4C3)cc2C1. The summed E-state index contributed by atoms with van der Waals surface area (Å²) in [6, 6.07) is 15.2. The molecule has 2 aliphatic rings. The summed E-state index contributed by atoms with van der Waals surface area (Å²) in [6.07, 6.45) is 6.21. The van der Waals surface area contributed by atoms with Gasteiger partial charge < -0.3 is 14.2 Å². The van der Waals surface area contributed by atoms with Crippen LogP contribution in [-0.2, 0) is 43.8 Å². The highest BCUT2D eigenvalue weighted by molar-refractivity contribution is 5.76. The number of carbonyl (C=O) groups is 1. The van der Waals surface area contributed by atoms with Crippen LogP contribution in [0.4, 0.5) is 0 Å². The van der Waals surface area contributed by atoms with Crippen molar-refractivity contribution < 1.29 is 9.53 Å². The summed E-state index contributed by atoms with van der Waals surface area (Å²) in [6.45, 7) is 7.49. The molecule has 0 saturated heterocycles. The summed E-state index contributed by atoms with van der Waals surface area (Å²) in [5.74, 6) is 2.10. The van der Waals surface area contributed by atoms with Crippen molar-refractivity contribution in [3.63, 3.8) is 0 Å². The minimum Gasteiger partial charge on any atom is -0.491 e. The maximum absolute atomic E-state index is 13.0. The van der Waals surface area contributed by atoms with Gasteiger partial charge >= 0.3 is 0 Å². The quantitative estimate of drug-likeness (QED) is 0.580. The molecular weight excluding hydrogens is 412 g/mol. The Bertz CT molecular complexity index is 1120. The second kappa shape index (κ2) is 9.79. The summed E-state index contributed by atoms with van der Waals surface area (Å²) in [7, 11) is 0. The van der Waals surface area contributed by atoms with Crippen LogP contribution in [-0.4, -0.2) is 45.0 Å². The maximum Gasteiger partial charge on any atom is 0.224 e. The third-order valence-electron chi connectivity index (χ3n) is 6.76. The van der Waals surface area contributed by atoms with Crippen molar-refractivity contribution in [1.29, 1.82) is 0 Å². The fourth-order valence-corrected chi connectivity index (χ4v) is 4.94. The van der Waals surface area contributed by atoms with Gasteiger partial charge in [-0.3, -0.25) is 9.69 Å². The van der Waals surface area contributed by atoms with Gasteiger partial charge in [-0.15, -0.1) is 0 Å². The Kier molecular flexibility index (Phi) is 6.44. The van der Waals surface area contributed by atoms with Crippen molar-refractivity contribution in [2.24, 2.45) is 0 Å². The Morgan fingerprint density at radius 2 is 1.94 bits per heavy atom. The minimum absolute atomic E-state index is 0.167. The number of aromatic nitrogens is 2. The topological polar surface area (TPSA) is 50.6 Å². The molecular formula is C27H32N4O2. The largest absolute Gasteiger partial charge is 0.491 e. The molecule has 1 amide bonds. The van der Waals surface area contributed by atoms with Crippen molar-refractivity contribution in [1.82, 2.24) is 19.4 Å². The molecule has 2 aliphatic heterocycles. The van der Waals surface area contributed by atoms with Crippen molar-refractivity contribution in [3.05, 3.63) is 82.9 Å². The molecule has 0 N–H and O–H groups in total. The van der Waals surface area contributed by atoms with Crippen LogP contribution in [0.25, 0.3) is 0 Å². The zero-order valence-electron chi connectivity index (χ0n) is 19.4. The van der Waals surface area contributed by atoms with Gasteiger partial charge in [0.15, 0.2) is 0 Å². The molecule has 0 spiro atoms. The molecule has 6 nitrogen and oxygen atoms in total. The molecule has 3 aromatic rings. The van der Waals surface area contributed by atoms with E-state index in [9.17, 15) is 4.79 Å². The molecule has 0 fully saturated rings. The highest BCUT2D eigenvalue weighted by atomic mass is 16.5. The van der Waals surface area contributed by atoms with Gasteiger partial charge in [-0.2, -0.15) is 0 Å². The summed E-state index contributed by atoms with van der Waals surface area (Å²) < 4.78 is 8.06. The van der Waals surface area contributed by atoms with E-state index in [2.05, 4.69) is 63.8 Å². The summed E-state index contributed by atoms with van der Waals surface area (Å²) in [4.78, 5) is 21.8. The number of imidazole rings is 1. The van der Waals surface area contributed by atoms with E-state index >= 15 is 0 Å². The van der Waals surface area contributed by atoms with Crippen molar-refractivity contribution in [3.8, 4) is 5.75 Å². The molecule has 0 radical (unpaired) electrons. The van der Waals surface area contributed by atoms with Crippen LogP contribution < -0.4 is 4.74 Å². The Morgan fingerprint density at radius 3 is 2.82 bits per heavy atom. The van der Waals surface area contributed by atoms with E-state index in [-0.39, 0.29) is 5.91 Å². The summed E-state index contributed by atoms with van der Waals surface area (Å²) in [5, 5.41) is 0. The van der Waals surface area contributed by atoms with E-state index in [1.807, 2.05) is 17.3 Å². The number of ether oxygens (including phenoxy) is 1. The van der Waals surface area contributed by atoms with Crippen LogP contribution in [0.3, 0.4) is 0 Å². The molecule has 0 atom stereocenters. The van der Waals surface area contributed by atoms with E-state index < -0.39 is 0 Å². The molecule has 172 valence electrons. The molecule has 1 aromatic heterocycles. The number of nitrogens with zero attached hydrogens (tertiary/aromatic N) is 4. The van der Waals surface area contributed by atoms with Gasteiger partial charge in [0.2, 0.25) is 5.91 Å². The number of hydrogen-bond donors (Lipinski definition) is 0. The molecule has 2 aromatic carbocycles. The van der Waals surface area contributed by atoms with E-state index in [0.717, 1.165) is 49.6 Å². The fourth-order valence-electron chi connectivity index (χ4n) is 4.94. The van der Waals surface area contributed by atoms with Crippen LogP contribution in [0.1, 0.15) is 41.4 Å². The normalized spacial score (nSPS) is 16.0. The van der Waals surface area contributed by atoms with Crippen LogP contribution in [0, 0.1) is 0 Å². The van der Waals surface area contributed by atoms with Crippen LogP contribution in [0.5, 0.6) is 5.75 Å². The highest BCUT2D eigenvalue weighted by Crippen LogP contribution is 2.27. The smallest absolute Gasteiger partial charge is 0.224 e. The summed E-state index contributed by atoms with van der Waals surface area (Å²) >= 11 is 0. The van der Waals surface area contributed by atoms with E-state index in [1.54, 1.807) is 0 Å². The second-order valence-corrected chi connectivity index (χ2v) is 8.98. The number of fused-ring (bicyclic) bond motifs is 2. The molecule has 3 heterocycles. The average molecular weight is 445 g/mol. The second-order valence-electron chi connectivity index (χ2n) is 8.98. The zero-order chi connectivity index (χ0) is 22.6. The molecule has 6 heteroatoms.